The molecule has 5 nitrogen and oxygen atoms in total. The zero-order chi connectivity index (χ0) is 16.5. The number of nitrogens with zero attached hydrogens (tertiary/aromatic N) is 1. The maximum absolute atomic E-state index is 12.3. The lowest BCUT2D eigenvalue weighted by atomic mass is 10.2. The third kappa shape index (κ3) is 5.07. The van der Waals surface area contributed by atoms with Crippen molar-refractivity contribution < 1.29 is 4.79 Å². The predicted octanol–water partition coefficient (Wildman–Crippen LogP) is 3.27. The molecule has 0 radical (unpaired) electrons. The Hall–Kier alpha value is -2.40. The van der Waals surface area contributed by atoms with E-state index >= 15 is 0 Å². The molecule has 0 saturated carbocycles. The number of anilines is 2. The maximum Gasteiger partial charge on any atom is 0.274 e. The highest BCUT2D eigenvalue weighted by Gasteiger charge is 2.09. The van der Waals surface area contributed by atoms with Crippen LogP contribution in [0, 0.1) is 0 Å². The topological polar surface area (TPSA) is 66.1 Å². The molecular formula is C18H24N4O. The quantitative estimate of drug-likeness (QED) is 0.655. The van der Waals surface area contributed by atoms with E-state index in [9.17, 15) is 4.79 Å². The van der Waals surface area contributed by atoms with Crippen LogP contribution in [0.15, 0.2) is 42.6 Å². The minimum atomic E-state index is -0.210. The van der Waals surface area contributed by atoms with Crippen LogP contribution in [0.4, 0.5) is 11.4 Å². The lowest BCUT2D eigenvalue weighted by molar-refractivity contribution is 0.102. The molecule has 122 valence electrons. The fraction of sp³-hybridized carbons (Fsp3) is 0.333. The summed E-state index contributed by atoms with van der Waals surface area (Å²) in [5.41, 5.74) is 3.10. The van der Waals surface area contributed by atoms with Crippen LogP contribution < -0.4 is 16.0 Å². The first-order valence-corrected chi connectivity index (χ1v) is 7.98. The normalized spacial score (nSPS) is 10.3. The zero-order valence-electron chi connectivity index (χ0n) is 13.7. The zero-order valence-corrected chi connectivity index (χ0v) is 13.7. The average molecular weight is 312 g/mol. The number of carbonyl (C=O) groups excluding carboxylic acids is 1. The van der Waals surface area contributed by atoms with Crippen molar-refractivity contribution in [3.8, 4) is 0 Å². The van der Waals surface area contributed by atoms with Gasteiger partial charge in [0.25, 0.3) is 5.91 Å². The molecule has 2 rings (SSSR count). The van der Waals surface area contributed by atoms with Gasteiger partial charge in [-0.3, -0.25) is 9.78 Å². The number of aromatic nitrogens is 1. The second-order valence-corrected chi connectivity index (χ2v) is 5.33. The number of hydrogen-bond donors (Lipinski definition) is 3. The van der Waals surface area contributed by atoms with Gasteiger partial charge in [-0.25, -0.2) is 0 Å². The van der Waals surface area contributed by atoms with Gasteiger partial charge in [-0.15, -0.1) is 0 Å². The Kier molecular flexibility index (Phi) is 6.56. The fourth-order valence-corrected chi connectivity index (χ4v) is 2.19. The van der Waals surface area contributed by atoms with Crippen molar-refractivity contribution in [2.24, 2.45) is 0 Å². The van der Waals surface area contributed by atoms with Gasteiger partial charge in [0, 0.05) is 19.8 Å². The van der Waals surface area contributed by atoms with Crippen LogP contribution >= 0.6 is 0 Å². The second-order valence-electron chi connectivity index (χ2n) is 5.33. The summed E-state index contributed by atoms with van der Waals surface area (Å²) in [6.07, 6.45) is 4.09. The van der Waals surface area contributed by atoms with Crippen LogP contribution in [0.3, 0.4) is 0 Å². The van der Waals surface area contributed by atoms with Crippen molar-refractivity contribution in [3.63, 3.8) is 0 Å². The van der Waals surface area contributed by atoms with Crippen LogP contribution in [0.5, 0.6) is 0 Å². The van der Waals surface area contributed by atoms with E-state index in [1.165, 1.54) is 12.8 Å². The summed E-state index contributed by atoms with van der Waals surface area (Å²) in [6, 6.07) is 11.3. The Morgan fingerprint density at radius 1 is 1.13 bits per heavy atom. The van der Waals surface area contributed by atoms with Crippen molar-refractivity contribution in [1.82, 2.24) is 10.3 Å². The molecule has 1 heterocycles. The van der Waals surface area contributed by atoms with Crippen molar-refractivity contribution in [2.45, 2.75) is 26.3 Å². The van der Waals surface area contributed by atoms with E-state index in [4.69, 9.17) is 0 Å². The Bertz CT molecular complexity index is 625. The molecule has 23 heavy (non-hydrogen) atoms. The SMILES string of the molecule is CCCCNCc1ccc(C(=O)Nc2ccccc2NC)nc1. The van der Waals surface area contributed by atoms with Gasteiger partial charge in [-0.2, -0.15) is 0 Å². The van der Waals surface area contributed by atoms with Crippen molar-refractivity contribution >= 4 is 17.3 Å². The van der Waals surface area contributed by atoms with E-state index < -0.39 is 0 Å². The van der Waals surface area contributed by atoms with E-state index in [-0.39, 0.29) is 5.91 Å². The summed E-state index contributed by atoms with van der Waals surface area (Å²) < 4.78 is 0. The fourth-order valence-electron chi connectivity index (χ4n) is 2.19. The molecule has 1 aromatic heterocycles. The van der Waals surface area contributed by atoms with Crippen LogP contribution in [0.25, 0.3) is 0 Å². The third-order valence-electron chi connectivity index (χ3n) is 3.54. The number of unbranched alkanes of at least 4 members (excludes halogenated alkanes) is 1. The largest absolute Gasteiger partial charge is 0.386 e. The molecule has 0 bridgehead atoms. The lowest BCUT2D eigenvalue weighted by Gasteiger charge is -2.10. The summed E-state index contributed by atoms with van der Waals surface area (Å²) in [6.45, 7) is 3.94. The minimum absolute atomic E-state index is 0.210. The third-order valence-corrected chi connectivity index (χ3v) is 3.54. The molecule has 1 aromatic carbocycles. The molecule has 0 aliphatic heterocycles. The van der Waals surface area contributed by atoms with Gasteiger partial charge in [-0.05, 0) is 36.7 Å². The highest BCUT2D eigenvalue weighted by atomic mass is 16.1. The molecule has 0 aliphatic carbocycles. The Morgan fingerprint density at radius 3 is 2.57 bits per heavy atom. The highest BCUT2D eigenvalue weighted by molar-refractivity contribution is 6.04. The average Bonchev–Trinajstić information content (AvgIpc) is 2.59. The van der Waals surface area contributed by atoms with Crippen LogP contribution in [-0.2, 0) is 6.54 Å². The molecular weight excluding hydrogens is 288 g/mol. The molecule has 5 heteroatoms. The van der Waals surface area contributed by atoms with Crippen molar-refractivity contribution in [3.05, 3.63) is 53.9 Å². The number of rotatable bonds is 8. The van der Waals surface area contributed by atoms with E-state index in [2.05, 4.69) is 27.9 Å². The van der Waals surface area contributed by atoms with Gasteiger partial charge in [0.05, 0.1) is 11.4 Å². The van der Waals surface area contributed by atoms with E-state index in [1.807, 2.05) is 37.4 Å². The van der Waals surface area contributed by atoms with Crippen LogP contribution in [-0.4, -0.2) is 24.5 Å². The number of hydrogen-bond acceptors (Lipinski definition) is 4. The van der Waals surface area contributed by atoms with Crippen molar-refractivity contribution in [2.75, 3.05) is 24.2 Å². The van der Waals surface area contributed by atoms with Crippen molar-refractivity contribution in [1.29, 1.82) is 0 Å². The Labute approximate surface area is 137 Å². The van der Waals surface area contributed by atoms with Gasteiger partial charge in [0.2, 0.25) is 0 Å². The first kappa shape index (κ1) is 17.0. The molecule has 0 aliphatic rings. The molecule has 0 spiro atoms. The summed E-state index contributed by atoms with van der Waals surface area (Å²) in [5, 5.41) is 9.29. The number of para-hydroxylation sites is 2. The molecule has 0 atom stereocenters. The predicted molar refractivity (Wildman–Crippen MR) is 94.8 cm³/mol. The number of carbonyl (C=O) groups is 1. The lowest BCUT2D eigenvalue weighted by Crippen LogP contribution is -2.16. The molecule has 2 aromatic rings. The van der Waals surface area contributed by atoms with Gasteiger partial charge in [0.15, 0.2) is 0 Å². The second kappa shape index (κ2) is 8.90. The first-order valence-electron chi connectivity index (χ1n) is 7.98. The first-order chi connectivity index (χ1) is 11.2. The van der Waals surface area contributed by atoms with Gasteiger partial charge < -0.3 is 16.0 Å². The minimum Gasteiger partial charge on any atom is -0.386 e. The molecule has 1 amide bonds. The van der Waals surface area contributed by atoms with E-state index in [0.717, 1.165) is 30.0 Å². The van der Waals surface area contributed by atoms with E-state index in [1.54, 1.807) is 12.3 Å². The number of amides is 1. The maximum atomic E-state index is 12.3. The Morgan fingerprint density at radius 2 is 1.91 bits per heavy atom. The molecule has 0 unspecified atom stereocenters. The molecule has 0 saturated heterocycles. The smallest absolute Gasteiger partial charge is 0.274 e. The van der Waals surface area contributed by atoms with E-state index in [0.29, 0.717) is 5.69 Å². The summed E-state index contributed by atoms with van der Waals surface area (Å²) in [4.78, 5) is 16.5. The van der Waals surface area contributed by atoms with Gasteiger partial charge in [-0.1, -0.05) is 31.5 Å². The van der Waals surface area contributed by atoms with Gasteiger partial charge in [0.1, 0.15) is 5.69 Å². The summed E-state index contributed by atoms with van der Waals surface area (Å²) in [5.74, 6) is -0.210. The standard InChI is InChI=1S/C18H24N4O/c1-3-4-11-20-12-14-9-10-17(21-13-14)18(23)22-16-8-6-5-7-15(16)19-2/h5-10,13,19-20H,3-4,11-12H2,1-2H3,(H,22,23). The highest BCUT2D eigenvalue weighted by Crippen LogP contribution is 2.20. The number of benzene rings is 1. The number of pyridine rings is 1. The summed E-state index contributed by atoms with van der Waals surface area (Å²) in [7, 11) is 1.82. The monoisotopic (exact) mass is 312 g/mol. The summed E-state index contributed by atoms with van der Waals surface area (Å²) >= 11 is 0. The van der Waals surface area contributed by atoms with Crippen LogP contribution in [0.1, 0.15) is 35.8 Å². The Balaban J connectivity index is 1.94. The number of nitrogens with one attached hydrogen (secondary N) is 3. The van der Waals surface area contributed by atoms with Crippen LogP contribution in [0.2, 0.25) is 0 Å². The molecule has 0 fully saturated rings. The van der Waals surface area contributed by atoms with Gasteiger partial charge >= 0.3 is 0 Å². The molecule has 3 N–H and O–H groups in total.